The van der Waals surface area contributed by atoms with Crippen LogP contribution in [0.4, 0.5) is 4.32 Å². The highest BCUT2D eigenvalue weighted by Gasteiger charge is 2.03. The smallest absolute Gasteiger partial charge is 0.316 e. The fourth-order valence-corrected chi connectivity index (χ4v) is 1.92. The molecule has 0 amide bonds. The van der Waals surface area contributed by atoms with Crippen LogP contribution in [0.2, 0.25) is 0 Å². The molecule has 1 heterocycles. The van der Waals surface area contributed by atoms with Gasteiger partial charge in [0.25, 0.3) is 0 Å². The highest BCUT2D eigenvalue weighted by Crippen LogP contribution is 2.19. The highest BCUT2D eigenvalue weighted by atomic mass is 32.2. The molecule has 0 saturated heterocycles. The molecule has 0 aliphatic rings. The van der Waals surface area contributed by atoms with Crippen LogP contribution >= 0.6 is 11.9 Å². The molecule has 2 nitrogen and oxygen atoms in total. The van der Waals surface area contributed by atoms with Gasteiger partial charge in [0.2, 0.25) is 0 Å². The van der Waals surface area contributed by atoms with Gasteiger partial charge >= 0.3 is 7.69 Å². The minimum Gasteiger partial charge on any atom is -0.316 e. The van der Waals surface area contributed by atoms with Gasteiger partial charge in [-0.3, -0.25) is 9.62 Å². The summed E-state index contributed by atoms with van der Waals surface area (Å²) in [7, 11) is 0.438. The molecule has 0 aromatic carbocycles. The summed E-state index contributed by atoms with van der Waals surface area (Å²) < 4.78 is 14.3. The molecule has 0 saturated carbocycles. The fourth-order valence-electron chi connectivity index (χ4n) is 1.33. The van der Waals surface area contributed by atoms with Gasteiger partial charge in [0.15, 0.2) is 0 Å². The van der Waals surface area contributed by atoms with Crippen molar-refractivity contribution < 1.29 is 4.32 Å². The topological polar surface area (TPSA) is 24.9 Å². The van der Waals surface area contributed by atoms with Crippen molar-refractivity contribution in [2.24, 2.45) is 0 Å². The van der Waals surface area contributed by atoms with Gasteiger partial charge in [-0.05, 0) is 25.0 Å². The molecule has 1 radical (unpaired) electrons. The van der Waals surface area contributed by atoms with Crippen molar-refractivity contribution in [3.8, 4) is 0 Å². The van der Waals surface area contributed by atoms with Crippen LogP contribution in [-0.2, 0) is 6.42 Å². The highest BCUT2D eigenvalue weighted by molar-refractivity contribution is 7.98. The first kappa shape index (κ1) is 12.5. The van der Waals surface area contributed by atoms with Crippen LogP contribution in [0.15, 0.2) is 23.2 Å². The second-order valence-corrected chi connectivity index (χ2v) is 4.11. The van der Waals surface area contributed by atoms with E-state index in [4.69, 9.17) is 0 Å². The van der Waals surface area contributed by atoms with E-state index in [1.165, 1.54) is 24.8 Å². The Labute approximate surface area is 95.5 Å². The molecule has 0 unspecified atom stereocenters. The van der Waals surface area contributed by atoms with E-state index in [2.05, 4.69) is 16.5 Å². The van der Waals surface area contributed by atoms with Crippen molar-refractivity contribution in [1.29, 1.82) is 0 Å². The van der Waals surface area contributed by atoms with Gasteiger partial charge in [-0.2, -0.15) is 0 Å². The Morgan fingerprint density at radius 3 is 3.13 bits per heavy atom. The van der Waals surface area contributed by atoms with E-state index in [1.807, 2.05) is 12.1 Å². The second kappa shape index (κ2) is 7.71. The van der Waals surface area contributed by atoms with Gasteiger partial charge in [0.05, 0.1) is 5.69 Å². The summed E-state index contributed by atoms with van der Waals surface area (Å²) in [4.78, 5) is 5.31. The lowest BCUT2D eigenvalue weighted by Gasteiger charge is -2.06. The minimum absolute atomic E-state index is 0.438. The van der Waals surface area contributed by atoms with Crippen molar-refractivity contribution in [2.45, 2.75) is 37.5 Å². The first-order chi connectivity index (χ1) is 7.38. The number of hydrogen-bond donors (Lipinski definition) is 1. The molecule has 0 aliphatic carbocycles. The summed E-state index contributed by atoms with van der Waals surface area (Å²) in [5.74, 6) is 0. The van der Waals surface area contributed by atoms with Crippen LogP contribution < -0.4 is 4.63 Å². The Balaban J connectivity index is 2.52. The van der Waals surface area contributed by atoms with Crippen LogP contribution in [0.3, 0.4) is 0 Å². The molecule has 0 fully saturated rings. The number of hydrogen-bond acceptors (Lipinski definition) is 3. The average Bonchev–Trinajstić information content (AvgIpc) is 2.28. The summed E-state index contributed by atoms with van der Waals surface area (Å²) in [6, 6.07) is 3.82. The van der Waals surface area contributed by atoms with Crippen LogP contribution in [0.1, 0.15) is 31.9 Å². The number of unbranched alkanes of at least 4 members (excludes halogenated alkanes) is 2. The SMILES string of the molecule is CCCCCc1ncccc1SN[B]F. The fraction of sp³-hybridized carbons (Fsp3) is 0.500. The molecule has 0 bridgehead atoms. The van der Waals surface area contributed by atoms with Gasteiger partial charge in [-0.25, -0.2) is 0 Å². The Morgan fingerprint density at radius 2 is 2.40 bits per heavy atom. The van der Waals surface area contributed by atoms with Crippen LogP contribution in [0.5, 0.6) is 0 Å². The Kier molecular flexibility index (Phi) is 6.44. The molecule has 0 atom stereocenters. The zero-order valence-corrected chi connectivity index (χ0v) is 9.69. The van der Waals surface area contributed by atoms with E-state index >= 15 is 0 Å². The van der Waals surface area contributed by atoms with Gasteiger partial charge in [0.1, 0.15) is 0 Å². The predicted molar refractivity (Wildman–Crippen MR) is 63.3 cm³/mol. The molecule has 1 aromatic heterocycles. The van der Waals surface area contributed by atoms with Crippen LogP contribution in [-0.4, -0.2) is 12.7 Å². The van der Waals surface area contributed by atoms with Crippen molar-refractivity contribution in [3.63, 3.8) is 0 Å². The number of halogens is 1. The molecule has 15 heavy (non-hydrogen) atoms. The first-order valence-corrected chi connectivity index (χ1v) is 5.98. The summed E-state index contributed by atoms with van der Waals surface area (Å²) >= 11 is 1.26. The standard InChI is InChI=1S/C10H15BFN2S/c1-2-3-4-6-9-10(15-14-11-12)7-5-8-13-9/h5,7-8,14H,2-4,6H2,1H3. The number of nitrogens with zero attached hydrogens (tertiary/aromatic N) is 1. The van der Waals surface area contributed by atoms with Crippen molar-refractivity contribution >= 4 is 19.6 Å². The number of rotatable bonds is 7. The molecule has 1 N–H and O–H groups in total. The van der Waals surface area contributed by atoms with Gasteiger partial charge in [0, 0.05) is 11.1 Å². The van der Waals surface area contributed by atoms with E-state index in [1.54, 1.807) is 6.20 Å². The molecular formula is C10H15BFN2S. The van der Waals surface area contributed by atoms with Crippen LogP contribution in [0.25, 0.3) is 0 Å². The van der Waals surface area contributed by atoms with Crippen molar-refractivity contribution in [3.05, 3.63) is 24.0 Å². The first-order valence-electron chi connectivity index (χ1n) is 5.16. The molecule has 5 heteroatoms. The molecule has 1 rings (SSSR count). The van der Waals surface area contributed by atoms with Gasteiger partial charge in [-0.1, -0.05) is 31.7 Å². The molecular weight excluding hydrogens is 210 g/mol. The van der Waals surface area contributed by atoms with Gasteiger partial charge < -0.3 is 4.32 Å². The average molecular weight is 225 g/mol. The lowest BCUT2D eigenvalue weighted by molar-refractivity contribution is 0.699. The number of aryl methyl sites for hydroxylation is 1. The quantitative estimate of drug-likeness (QED) is 0.438. The molecule has 81 valence electrons. The molecule has 0 spiro atoms. The van der Waals surface area contributed by atoms with E-state index in [0.29, 0.717) is 7.69 Å². The Morgan fingerprint density at radius 1 is 1.53 bits per heavy atom. The number of pyridine rings is 1. The second-order valence-electron chi connectivity index (χ2n) is 3.23. The Bertz CT molecular complexity index is 286. The number of nitrogens with one attached hydrogen (secondary N) is 1. The maximum Gasteiger partial charge on any atom is 0.462 e. The molecule has 1 aromatic rings. The summed E-state index contributed by atoms with van der Waals surface area (Å²) in [6.07, 6.45) is 6.30. The third-order valence-corrected chi connectivity index (χ3v) is 2.88. The number of aromatic nitrogens is 1. The van der Waals surface area contributed by atoms with Crippen molar-refractivity contribution in [1.82, 2.24) is 9.62 Å². The molecule has 0 aliphatic heterocycles. The Hall–Kier alpha value is -0.545. The van der Waals surface area contributed by atoms with Crippen molar-refractivity contribution in [2.75, 3.05) is 0 Å². The summed E-state index contributed by atoms with van der Waals surface area (Å²) in [5.41, 5.74) is 1.05. The predicted octanol–water partition coefficient (Wildman–Crippen LogP) is 2.91. The third kappa shape index (κ3) is 4.66. The maximum atomic E-state index is 11.8. The normalized spacial score (nSPS) is 10.3. The van der Waals surface area contributed by atoms with E-state index in [9.17, 15) is 4.32 Å². The van der Waals surface area contributed by atoms with E-state index in [0.717, 1.165) is 23.4 Å². The van der Waals surface area contributed by atoms with Gasteiger partial charge in [-0.15, -0.1) is 0 Å². The third-order valence-electron chi connectivity index (χ3n) is 2.08. The maximum absolute atomic E-state index is 11.8. The lowest BCUT2D eigenvalue weighted by atomic mass is 10.1. The monoisotopic (exact) mass is 225 g/mol. The minimum atomic E-state index is 0.438. The van der Waals surface area contributed by atoms with E-state index < -0.39 is 0 Å². The summed E-state index contributed by atoms with van der Waals surface area (Å²) in [6.45, 7) is 2.17. The zero-order chi connectivity index (χ0) is 10.9. The van der Waals surface area contributed by atoms with E-state index in [-0.39, 0.29) is 0 Å². The largest absolute Gasteiger partial charge is 0.462 e. The van der Waals surface area contributed by atoms with Crippen LogP contribution in [0, 0.1) is 0 Å². The lowest BCUT2D eigenvalue weighted by Crippen LogP contribution is -2.05. The zero-order valence-electron chi connectivity index (χ0n) is 8.87. The summed E-state index contributed by atoms with van der Waals surface area (Å²) in [5, 5.41) is 0.